The van der Waals surface area contributed by atoms with Crippen molar-refractivity contribution in [1.82, 2.24) is 5.32 Å². The zero-order valence-electron chi connectivity index (χ0n) is 22.0. The Morgan fingerprint density at radius 2 is 1.72 bits per heavy atom. The number of nitrogens with one attached hydrogen (secondary N) is 1. The first-order valence-corrected chi connectivity index (χ1v) is 13.7. The molecule has 0 aromatic heterocycles. The van der Waals surface area contributed by atoms with Gasteiger partial charge in [0.05, 0.1) is 49.7 Å². The molecule has 4 aliphatic rings. The van der Waals surface area contributed by atoms with Gasteiger partial charge in [-0.3, -0.25) is 4.79 Å². The van der Waals surface area contributed by atoms with Gasteiger partial charge in [0.15, 0.2) is 0 Å². The normalized spacial score (nSPS) is 29.6. The van der Waals surface area contributed by atoms with Crippen molar-refractivity contribution < 1.29 is 28.9 Å². The molecule has 0 spiro atoms. The van der Waals surface area contributed by atoms with Crippen molar-refractivity contribution in [3.8, 4) is 0 Å². The summed E-state index contributed by atoms with van der Waals surface area (Å²) in [5, 5.41) is 12.3. The Labute approximate surface area is 215 Å². The van der Waals surface area contributed by atoms with Crippen LogP contribution in [0.5, 0.6) is 0 Å². The quantitative estimate of drug-likeness (QED) is 0.446. The van der Waals surface area contributed by atoms with Gasteiger partial charge in [0.2, 0.25) is 5.91 Å². The molecule has 0 radical (unpaired) electrons. The highest BCUT2D eigenvalue weighted by molar-refractivity contribution is 5.87. The maximum Gasteiger partial charge on any atom is 0.335 e. The van der Waals surface area contributed by atoms with Crippen molar-refractivity contribution >= 4 is 11.9 Å². The SMILES string of the molecule is CC(C)C(=O)NC(COC1CCC(c2ccc(C(=O)O)cc2)CC1)[C@@H](C)OCC12CCC(CC1)OC2. The Morgan fingerprint density at radius 3 is 2.28 bits per heavy atom. The highest BCUT2D eigenvalue weighted by Crippen LogP contribution is 2.43. The third-order valence-electron chi connectivity index (χ3n) is 8.50. The number of carboxylic acids is 1. The van der Waals surface area contributed by atoms with Gasteiger partial charge in [-0.15, -0.1) is 0 Å². The maximum atomic E-state index is 12.5. The van der Waals surface area contributed by atoms with E-state index in [1.807, 2.05) is 32.9 Å². The van der Waals surface area contributed by atoms with E-state index in [1.165, 1.54) is 5.56 Å². The van der Waals surface area contributed by atoms with Crippen LogP contribution in [-0.2, 0) is 19.0 Å². The first-order chi connectivity index (χ1) is 17.2. The van der Waals surface area contributed by atoms with Crippen LogP contribution in [0.15, 0.2) is 24.3 Å². The van der Waals surface area contributed by atoms with E-state index < -0.39 is 5.97 Å². The van der Waals surface area contributed by atoms with E-state index in [9.17, 15) is 9.59 Å². The van der Waals surface area contributed by atoms with Gasteiger partial charge in [-0.25, -0.2) is 4.79 Å². The Balaban J connectivity index is 1.27. The number of carbonyl (C=O) groups excluding carboxylic acids is 1. The number of amides is 1. The van der Waals surface area contributed by atoms with Crippen LogP contribution in [0, 0.1) is 11.3 Å². The Morgan fingerprint density at radius 1 is 1.06 bits per heavy atom. The van der Waals surface area contributed by atoms with Crippen LogP contribution in [0.1, 0.15) is 94.0 Å². The molecular formula is C29H43NO6. The molecule has 7 heteroatoms. The number of carboxylic acid groups (broad SMARTS) is 1. The Hall–Kier alpha value is -1.96. The molecule has 2 saturated carbocycles. The first kappa shape index (κ1) is 27.1. The second-order valence-electron chi connectivity index (χ2n) is 11.5. The number of hydrogen-bond donors (Lipinski definition) is 2. The minimum absolute atomic E-state index is 0.0206. The molecule has 2 atom stereocenters. The molecule has 36 heavy (non-hydrogen) atoms. The summed E-state index contributed by atoms with van der Waals surface area (Å²) in [5.41, 5.74) is 1.64. The van der Waals surface area contributed by atoms with Crippen molar-refractivity contribution in [2.24, 2.45) is 11.3 Å². The van der Waals surface area contributed by atoms with Gasteiger partial charge in [0.25, 0.3) is 0 Å². The lowest BCUT2D eigenvalue weighted by Gasteiger charge is -2.46. The molecule has 2 saturated heterocycles. The van der Waals surface area contributed by atoms with Crippen molar-refractivity contribution in [2.75, 3.05) is 19.8 Å². The molecule has 200 valence electrons. The van der Waals surface area contributed by atoms with Crippen LogP contribution in [0.3, 0.4) is 0 Å². The fourth-order valence-corrected chi connectivity index (χ4v) is 5.76. The zero-order chi connectivity index (χ0) is 25.7. The van der Waals surface area contributed by atoms with E-state index in [0.29, 0.717) is 30.8 Å². The van der Waals surface area contributed by atoms with Gasteiger partial charge in [0, 0.05) is 11.3 Å². The molecule has 1 unspecified atom stereocenters. The van der Waals surface area contributed by atoms with Crippen LogP contribution >= 0.6 is 0 Å². The van der Waals surface area contributed by atoms with Crippen molar-refractivity contribution in [3.63, 3.8) is 0 Å². The number of ether oxygens (including phenoxy) is 3. The summed E-state index contributed by atoms with van der Waals surface area (Å²) in [4.78, 5) is 23.6. The third kappa shape index (κ3) is 6.87. The monoisotopic (exact) mass is 501 g/mol. The molecule has 2 heterocycles. The van der Waals surface area contributed by atoms with Gasteiger partial charge in [-0.2, -0.15) is 0 Å². The standard InChI is InChI=1S/C29H43NO6/c1-19(2)27(31)30-26(20(3)35-17-29-14-12-25(13-15-29)36-18-29)16-34-24-10-8-22(9-11-24)21-4-6-23(7-5-21)28(32)33/h4-7,19-20,22,24-26H,8-18H2,1-3H3,(H,30,31)(H,32,33)/t20-,22?,24?,25?,26?,29?/m1/s1. The topological polar surface area (TPSA) is 94.1 Å². The largest absolute Gasteiger partial charge is 0.478 e. The highest BCUT2D eigenvalue weighted by atomic mass is 16.5. The molecule has 2 aliphatic carbocycles. The lowest BCUT2D eigenvalue weighted by molar-refractivity contribution is -0.154. The van der Waals surface area contributed by atoms with Crippen LogP contribution in [0.25, 0.3) is 0 Å². The van der Waals surface area contributed by atoms with E-state index >= 15 is 0 Å². The predicted octanol–water partition coefficient (Wildman–Crippen LogP) is 4.93. The summed E-state index contributed by atoms with van der Waals surface area (Å²) >= 11 is 0. The smallest absolute Gasteiger partial charge is 0.335 e. The fourth-order valence-electron chi connectivity index (χ4n) is 5.76. The molecule has 5 rings (SSSR count). The van der Waals surface area contributed by atoms with Crippen molar-refractivity contribution in [3.05, 3.63) is 35.4 Å². The van der Waals surface area contributed by atoms with E-state index in [0.717, 1.165) is 58.0 Å². The van der Waals surface area contributed by atoms with E-state index in [1.54, 1.807) is 12.1 Å². The number of benzene rings is 1. The predicted molar refractivity (Wildman–Crippen MR) is 137 cm³/mol. The number of rotatable bonds is 11. The minimum Gasteiger partial charge on any atom is -0.478 e. The molecule has 1 aromatic carbocycles. The lowest BCUT2D eigenvalue weighted by Crippen LogP contribution is -2.51. The van der Waals surface area contributed by atoms with E-state index in [-0.39, 0.29) is 35.5 Å². The van der Waals surface area contributed by atoms with E-state index in [4.69, 9.17) is 19.3 Å². The molecule has 2 bridgehead atoms. The molecule has 1 aromatic rings. The van der Waals surface area contributed by atoms with Crippen LogP contribution < -0.4 is 5.32 Å². The zero-order valence-corrected chi connectivity index (χ0v) is 22.0. The summed E-state index contributed by atoms with van der Waals surface area (Å²) in [6.07, 6.45) is 8.94. The van der Waals surface area contributed by atoms with Crippen LogP contribution in [-0.4, -0.2) is 61.2 Å². The summed E-state index contributed by atoms with van der Waals surface area (Å²) in [6, 6.07) is 7.06. The number of carbonyl (C=O) groups is 2. The maximum absolute atomic E-state index is 12.5. The molecule has 4 fully saturated rings. The van der Waals surface area contributed by atoms with E-state index in [2.05, 4.69) is 5.32 Å². The van der Waals surface area contributed by atoms with Crippen molar-refractivity contribution in [1.29, 1.82) is 0 Å². The van der Waals surface area contributed by atoms with Gasteiger partial charge >= 0.3 is 5.97 Å². The van der Waals surface area contributed by atoms with Gasteiger partial charge in [-0.05, 0) is 81.9 Å². The summed E-state index contributed by atoms with van der Waals surface area (Å²) in [5.74, 6) is -0.538. The summed E-state index contributed by atoms with van der Waals surface area (Å²) in [6.45, 7) is 7.73. The minimum atomic E-state index is -0.893. The number of fused-ring (bicyclic) bond motifs is 3. The average molecular weight is 502 g/mol. The molecular weight excluding hydrogens is 458 g/mol. The Bertz CT molecular complexity index is 854. The highest BCUT2D eigenvalue weighted by Gasteiger charge is 2.42. The molecule has 1 amide bonds. The third-order valence-corrected chi connectivity index (χ3v) is 8.50. The Kier molecular flexibility index (Phi) is 9.07. The number of aromatic carboxylic acids is 1. The summed E-state index contributed by atoms with van der Waals surface area (Å²) in [7, 11) is 0. The number of hydrogen-bond acceptors (Lipinski definition) is 5. The lowest BCUT2D eigenvalue weighted by atomic mass is 9.72. The fraction of sp³-hybridized carbons (Fsp3) is 0.724. The van der Waals surface area contributed by atoms with Crippen LogP contribution in [0.2, 0.25) is 0 Å². The first-order valence-electron chi connectivity index (χ1n) is 13.7. The summed E-state index contributed by atoms with van der Waals surface area (Å²) < 4.78 is 18.7. The average Bonchev–Trinajstić information content (AvgIpc) is 2.91. The van der Waals surface area contributed by atoms with Gasteiger partial charge in [0.1, 0.15) is 0 Å². The second-order valence-corrected chi connectivity index (χ2v) is 11.5. The molecule has 2 aliphatic heterocycles. The van der Waals surface area contributed by atoms with Crippen LogP contribution in [0.4, 0.5) is 0 Å². The van der Waals surface area contributed by atoms with Crippen molar-refractivity contribution in [2.45, 2.75) is 102 Å². The van der Waals surface area contributed by atoms with Gasteiger partial charge < -0.3 is 24.6 Å². The molecule has 7 nitrogen and oxygen atoms in total. The second kappa shape index (κ2) is 12.1. The van der Waals surface area contributed by atoms with Gasteiger partial charge in [-0.1, -0.05) is 26.0 Å². The molecule has 2 N–H and O–H groups in total.